The minimum absolute atomic E-state index is 0.0572. The average molecular weight is 265 g/mol. The van der Waals surface area contributed by atoms with Crippen molar-refractivity contribution < 1.29 is 13.9 Å². The highest BCUT2D eigenvalue weighted by Crippen LogP contribution is 2.30. The molecule has 1 aromatic rings. The number of hydrogen-bond donors (Lipinski definition) is 0. The monoisotopic (exact) mass is 265 g/mol. The van der Waals surface area contributed by atoms with Crippen LogP contribution in [0.2, 0.25) is 0 Å². The molecule has 4 heteroatoms. The Hall–Kier alpha value is -1.58. The van der Waals surface area contributed by atoms with Crippen molar-refractivity contribution in [1.29, 1.82) is 0 Å². The maximum Gasteiger partial charge on any atom is 0.412 e. The highest BCUT2D eigenvalue weighted by atomic mass is 19.1. The molecule has 0 aliphatic carbocycles. The molecule has 1 fully saturated rings. The predicted molar refractivity (Wildman–Crippen MR) is 71.2 cm³/mol. The third-order valence-electron chi connectivity index (χ3n) is 3.55. The Balaban J connectivity index is 1.95. The van der Waals surface area contributed by atoms with Crippen LogP contribution in [0.25, 0.3) is 0 Å². The predicted octanol–water partition coefficient (Wildman–Crippen LogP) is 3.74. The van der Waals surface area contributed by atoms with Gasteiger partial charge in [0, 0.05) is 6.04 Å². The van der Waals surface area contributed by atoms with E-state index in [2.05, 4.69) is 0 Å². The zero-order chi connectivity index (χ0) is 13.8. The molecule has 0 bridgehead atoms. The van der Waals surface area contributed by atoms with Gasteiger partial charge in [0.15, 0.2) is 6.30 Å². The van der Waals surface area contributed by atoms with E-state index >= 15 is 0 Å². The van der Waals surface area contributed by atoms with Crippen LogP contribution in [0.5, 0.6) is 0 Å². The van der Waals surface area contributed by atoms with E-state index < -0.39 is 12.4 Å². The van der Waals surface area contributed by atoms with Crippen LogP contribution in [-0.4, -0.2) is 23.3 Å². The van der Waals surface area contributed by atoms with Crippen molar-refractivity contribution in [1.82, 2.24) is 4.90 Å². The SMILES string of the molecule is CC(C)C1CCC(F)N1C(=O)OCc1ccccc1. The average Bonchev–Trinajstić information content (AvgIpc) is 2.79. The fraction of sp³-hybridized carbons (Fsp3) is 0.533. The summed E-state index contributed by atoms with van der Waals surface area (Å²) in [5.74, 6) is 0.241. The largest absolute Gasteiger partial charge is 0.444 e. The molecule has 0 aromatic heterocycles. The van der Waals surface area contributed by atoms with Crippen molar-refractivity contribution in [3.63, 3.8) is 0 Å². The van der Waals surface area contributed by atoms with E-state index in [0.717, 1.165) is 5.56 Å². The summed E-state index contributed by atoms with van der Waals surface area (Å²) in [6, 6.07) is 9.37. The van der Waals surface area contributed by atoms with Gasteiger partial charge in [0.2, 0.25) is 0 Å². The molecule has 1 saturated heterocycles. The Kier molecular flexibility index (Phi) is 4.40. The number of carbonyl (C=O) groups is 1. The van der Waals surface area contributed by atoms with Crippen LogP contribution >= 0.6 is 0 Å². The summed E-state index contributed by atoms with van der Waals surface area (Å²) in [4.78, 5) is 13.3. The molecule has 1 aromatic carbocycles. The van der Waals surface area contributed by atoms with Gasteiger partial charge in [0.05, 0.1) is 0 Å². The Morgan fingerprint density at radius 3 is 2.68 bits per heavy atom. The van der Waals surface area contributed by atoms with Gasteiger partial charge in [0.1, 0.15) is 6.61 Å². The van der Waals surface area contributed by atoms with Gasteiger partial charge < -0.3 is 4.74 Å². The van der Waals surface area contributed by atoms with E-state index in [0.29, 0.717) is 12.8 Å². The maximum atomic E-state index is 13.8. The molecule has 0 radical (unpaired) electrons. The van der Waals surface area contributed by atoms with Gasteiger partial charge in [-0.25, -0.2) is 9.18 Å². The van der Waals surface area contributed by atoms with Crippen molar-refractivity contribution >= 4 is 6.09 Å². The van der Waals surface area contributed by atoms with Crippen LogP contribution in [0.15, 0.2) is 30.3 Å². The smallest absolute Gasteiger partial charge is 0.412 e. The van der Waals surface area contributed by atoms with Crippen molar-refractivity contribution in [2.75, 3.05) is 0 Å². The van der Waals surface area contributed by atoms with E-state index in [9.17, 15) is 9.18 Å². The number of rotatable bonds is 3. The van der Waals surface area contributed by atoms with Gasteiger partial charge in [-0.1, -0.05) is 44.2 Å². The summed E-state index contributed by atoms with van der Waals surface area (Å²) in [6.07, 6.45) is -0.647. The number of halogens is 1. The van der Waals surface area contributed by atoms with Gasteiger partial charge in [-0.05, 0) is 24.3 Å². The Morgan fingerprint density at radius 1 is 1.37 bits per heavy atom. The molecule has 1 amide bonds. The summed E-state index contributed by atoms with van der Waals surface area (Å²) >= 11 is 0. The fourth-order valence-corrected chi connectivity index (χ4v) is 2.49. The summed E-state index contributed by atoms with van der Waals surface area (Å²) in [7, 11) is 0. The Bertz CT molecular complexity index is 421. The van der Waals surface area contributed by atoms with Crippen LogP contribution in [-0.2, 0) is 11.3 Å². The van der Waals surface area contributed by atoms with Crippen molar-refractivity contribution in [3.8, 4) is 0 Å². The zero-order valence-electron chi connectivity index (χ0n) is 11.4. The third-order valence-corrected chi connectivity index (χ3v) is 3.55. The number of alkyl halides is 1. The van der Waals surface area contributed by atoms with Crippen LogP contribution in [0.4, 0.5) is 9.18 Å². The lowest BCUT2D eigenvalue weighted by atomic mass is 10.0. The molecule has 2 unspecified atom stereocenters. The second kappa shape index (κ2) is 6.04. The molecule has 3 nitrogen and oxygen atoms in total. The Labute approximate surface area is 113 Å². The minimum atomic E-state index is -1.21. The van der Waals surface area contributed by atoms with Crippen LogP contribution in [0.1, 0.15) is 32.3 Å². The molecule has 0 N–H and O–H groups in total. The third kappa shape index (κ3) is 3.25. The highest BCUT2D eigenvalue weighted by molar-refractivity contribution is 5.68. The lowest BCUT2D eigenvalue weighted by Gasteiger charge is -2.28. The van der Waals surface area contributed by atoms with E-state index in [4.69, 9.17) is 4.74 Å². The highest BCUT2D eigenvalue weighted by Gasteiger charge is 2.39. The lowest BCUT2D eigenvalue weighted by Crippen LogP contribution is -2.42. The summed E-state index contributed by atoms with van der Waals surface area (Å²) in [5.41, 5.74) is 0.909. The van der Waals surface area contributed by atoms with E-state index in [1.807, 2.05) is 44.2 Å². The topological polar surface area (TPSA) is 29.5 Å². The number of nitrogens with zero attached hydrogens (tertiary/aromatic N) is 1. The van der Waals surface area contributed by atoms with Crippen LogP contribution in [0.3, 0.4) is 0 Å². The number of ether oxygens (including phenoxy) is 1. The van der Waals surface area contributed by atoms with Gasteiger partial charge >= 0.3 is 6.09 Å². The number of carbonyl (C=O) groups excluding carboxylic acids is 1. The fourth-order valence-electron chi connectivity index (χ4n) is 2.49. The molecule has 19 heavy (non-hydrogen) atoms. The number of amides is 1. The molecule has 0 spiro atoms. The second-order valence-corrected chi connectivity index (χ2v) is 5.27. The molecule has 2 rings (SSSR count). The van der Waals surface area contributed by atoms with Crippen molar-refractivity contribution in [3.05, 3.63) is 35.9 Å². The van der Waals surface area contributed by atoms with E-state index in [1.54, 1.807) is 0 Å². The number of benzene rings is 1. The van der Waals surface area contributed by atoms with Gasteiger partial charge in [-0.15, -0.1) is 0 Å². The van der Waals surface area contributed by atoms with Crippen molar-refractivity contribution in [2.24, 2.45) is 5.92 Å². The van der Waals surface area contributed by atoms with Crippen molar-refractivity contribution in [2.45, 2.75) is 45.6 Å². The maximum absolute atomic E-state index is 13.8. The molecule has 104 valence electrons. The molecule has 1 aliphatic rings. The number of likely N-dealkylation sites (tertiary alicyclic amines) is 1. The first-order valence-corrected chi connectivity index (χ1v) is 6.72. The zero-order valence-corrected chi connectivity index (χ0v) is 11.4. The Morgan fingerprint density at radius 2 is 2.05 bits per heavy atom. The quantitative estimate of drug-likeness (QED) is 0.779. The molecule has 1 heterocycles. The molecule has 0 saturated carbocycles. The summed E-state index contributed by atoms with van der Waals surface area (Å²) in [6.45, 7) is 4.19. The van der Waals surface area contributed by atoms with E-state index in [-0.39, 0.29) is 18.6 Å². The molecule has 1 aliphatic heterocycles. The molecule has 2 atom stereocenters. The number of hydrogen-bond acceptors (Lipinski definition) is 2. The molecular weight excluding hydrogens is 245 g/mol. The first-order valence-electron chi connectivity index (χ1n) is 6.72. The summed E-state index contributed by atoms with van der Waals surface area (Å²) in [5, 5.41) is 0. The van der Waals surface area contributed by atoms with Gasteiger partial charge in [-0.3, -0.25) is 4.90 Å². The standard InChI is InChI=1S/C15H20FNO2/c1-11(2)13-8-9-14(16)17(13)15(18)19-10-12-6-4-3-5-7-12/h3-7,11,13-14H,8-10H2,1-2H3. The second-order valence-electron chi connectivity index (χ2n) is 5.27. The first-order chi connectivity index (χ1) is 9.09. The normalized spacial score (nSPS) is 22.8. The van der Waals surface area contributed by atoms with Gasteiger partial charge in [-0.2, -0.15) is 0 Å². The first kappa shape index (κ1) is 13.8. The van der Waals surface area contributed by atoms with Crippen LogP contribution in [0, 0.1) is 5.92 Å². The molecular formula is C15H20FNO2. The lowest BCUT2D eigenvalue weighted by molar-refractivity contribution is 0.0394. The summed E-state index contributed by atoms with van der Waals surface area (Å²) < 4.78 is 19.0. The van der Waals surface area contributed by atoms with Gasteiger partial charge in [0.25, 0.3) is 0 Å². The van der Waals surface area contributed by atoms with E-state index in [1.165, 1.54) is 4.90 Å². The minimum Gasteiger partial charge on any atom is -0.444 e. The van der Waals surface area contributed by atoms with Crippen LogP contribution < -0.4 is 0 Å².